The summed E-state index contributed by atoms with van der Waals surface area (Å²) in [6, 6.07) is 3.99. The van der Waals surface area contributed by atoms with E-state index in [9.17, 15) is 4.79 Å². The molecular formula is C29H40N6O3. The van der Waals surface area contributed by atoms with Crippen LogP contribution in [0, 0.1) is 27.7 Å². The summed E-state index contributed by atoms with van der Waals surface area (Å²) in [5.74, 6) is 2.40. The van der Waals surface area contributed by atoms with E-state index in [1.807, 2.05) is 50.9 Å². The summed E-state index contributed by atoms with van der Waals surface area (Å²) in [5, 5.41) is 12.4. The summed E-state index contributed by atoms with van der Waals surface area (Å²) < 4.78 is 7.76. The number of ether oxygens (including phenoxy) is 1. The average Bonchev–Trinajstić information content (AvgIpc) is 3.08. The third kappa shape index (κ3) is 6.52. The van der Waals surface area contributed by atoms with Crippen molar-refractivity contribution in [2.75, 3.05) is 44.7 Å². The van der Waals surface area contributed by atoms with Gasteiger partial charge in [0, 0.05) is 69.0 Å². The fourth-order valence-corrected chi connectivity index (χ4v) is 5.01. The van der Waals surface area contributed by atoms with E-state index in [4.69, 9.17) is 14.8 Å². The van der Waals surface area contributed by atoms with E-state index >= 15 is 0 Å². The number of rotatable bonds is 9. The van der Waals surface area contributed by atoms with Crippen molar-refractivity contribution < 1.29 is 14.6 Å². The second-order valence-corrected chi connectivity index (χ2v) is 10.1. The maximum absolute atomic E-state index is 12.1. The fourth-order valence-electron chi connectivity index (χ4n) is 5.01. The van der Waals surface area contributed by atoms with E-state index in [1.165, 1.54) is 11.1 Å². The summed E-state index contributed by atoms with van der Waals surface area (Å²) in [4.78, 5) is 25.9. The van der Waals surface area contributed by atoms with Gasteiger partial charge in [0.25, 0.3) is 0 Å². The molecule has 2 N–H and O–H groups in total. The summed E-state index contributed by atoms with van der Waals surface area (Å²) >= 11 is 0. The van der Waals surface area contributed by atoms with Crippen LogP contribution in [-0.4, -0.2) is 74.7 Å². The lowest BCUT2D eigenvalue weighted by atomic mass is 10.1. The summed E-state index contributed by atoms with van der Waals surface area (Å²) in [7, 11) is 0. The highest BCUT2D eigenvalue weighted by atomic mass is 16.5. The number of aryl methyl sites for hydroxylation is 4. The number of carbonyl (C=O) groups is 1. The van der Waals surface area contributed by atoms with Crippen LogP contribution in [-0.2, 0) is 11.3 Å². The van der Waals surface area contributed by atoms with Crippen molar-refractivity contribution in [3.63, 3.8) is 0 Å². The lowest BCUT2D eigenvalue weighted by molar-refractivity contribution is -0.130. The van der Waals surface area contributed by atoms with Crippen LogP contribution in [0.5, 0.6) is 5.75 Å². The summed E-state index contributed by atoms with van der Waals surface area (Å²) in [5.41, 5.74) is 6.31. The van der Waals surface area contributed by atoms with Crippen LogP contribution >= 0.6 is 0 Å². The Balaban J connectivity index is 1.49. The number of amides is 1. The smallest absolute Gasteiger partial charge is 0.229 e. The monoisotopic (exact) mass is 520 g/mol. The third-order valence-corrected chi connectivity index (χ3v) is 7.02. The molecule has 0 radical (unpaired) electrons. The van der Waals surface area contributed by atoms with E-state index in [-0.39, 0.29) is 19.1 Å². The SMILES string of the molecule is CCC(=O)N1CCCN(Cc2cn(-c3nc(Nc4cc(C)c(OCCO)c(C)c4)ncc3C)cc2C)CC1. The number of nitrogens with one attached hydrogen (secondary N) is 1. The van der Waals surface area contributed by atoms with Gasteiger partial charge >= 0.3 is 0 Å². The van der Waals surface area contributed by atoms with Crippen LogP contribution in [0.2, 0.25) is 0 Å². The second-order valence-electron chi connectivity index (χ2n) is 10.1. The fraction of sp³-hybridized carbons (Fsp3) is 0.483. The normalized spacial score (nSPS) is 14.4. The number of benzene rings is 1. The van der Waals surface area contributed by atoms with Gasteiger partial charge in [-0.25, -0.2) is 4.98 Å². The molecule has 0 spiro atoms. The predicted octanol–water partition coefficient (Wildman–Crippen LogP) is 4.06. The lowest BCUT2D eigenvalue weighted by Gasteiger charge is -2.21. The van der Waals surface area contributed by atoms with Gasteiger partial charge in [0.15, 0.2) is 0 Å². The van der Waals surface area contributed by atoms with E-state index in [1.54, 1.807) is 0 Å². The van der Waals surface area contributed by atoms with Gasteiger partial charge in [0.2, 0.25) is 11.9 Å². The Kier molecular flexibility index (Phi) is 9.01. The lowest BCUT2D eigenvalue weighted by Crippen LogP contribution is -2.34. The number of nitrogens with zero attached hydrogens (tertiary/aromatic N) is 5. The molecule has 1 saturated heterocycles. The number of aliphatic hydroxyl groups is 1. The van der Waals surface area contributed by atoms with Crippen LogP contribution in [0.25, 0.3) is 5.82 Å². The van der Waals surface area contributed by atoms with Crippen molar-refractivity contribution in [3.05, 3.63) is 58.5 Å². The van der Waals surface area contributed by atoms with E-state index in [0.29, 0.717) is 12.4 Å². The van der Waals surface area contributed by atoms with Crippen molar-refractivity contribution >= 4 is 17.5 Å². The maximum Gasteiger partial charge on any atom is 0.229 e. The summed E-state index contributed by atoms with van der Waals surface area (Å²) in [6.45, 7) is 14.7. The first-order chi connectivity index (χ1) is 18.3. The predicted molar refractivity (Wildman–Crippen MR) is 149 cm³/mol. The third-order valence-electron chi connectivity index (χ3n) is 7.02. The van der Waals surface area contributed by atoms with Gasteiger partial charge < -0.3 is 24.6 Å². The molecule has 4 rings (SSSR count). The number of aliphatic hydroxyl groups excluding tert-OH is 1. The molecule has 3 heterocycles. The molecule has 0 aliphatic carbocycles. The van der Waals surface area contributed by atoms with Gasteiger partial charge in [0.05, 0.1) is 6.61 Å². The number of aromatic nitrogens is 3. The summed E-state index contributed by atoms with van der Waals surface area (Å²) in [6.07, 6.45) is 7.70. The van der Waals surface area contributed by atoms with Gasteiger partial charge in [0.1, 0.15) is 18.2 Å². The molecule has 38 heavy (non-hydrogen) atoms. The van der Waals surface area contributed by atoms with Gasteiger partial charge in [-0.1, -0.05) is 6.92 Å². The first kappa shape index (κ1) is 27.6. The van der Waals surface area contributed by atoms with Crippen molar-refractivity contribution in [3.8, 4) is 11.6 Å². The Hall–Kier alpha value is -3.43. The zero-order chi connectivity index (χ0) is 27.2. The highest BCUT2D eigenvalue weighted by molar-refractivity contribution is 5.75. The molecule has 0 unspecified atom stereocenters. The zero-order valence-electron chi connectivity index (χ0n) is 23.3. The molecule has 2 aromatic heterocycles. The Bertz CT molecular complexity index is 1250. The van der Waals surface area contributed by atoms with Crippen molar-refractivity contribution in [2.45, 2.75) is 54.0 Å². The standard InChI is InChI=1S/C29H40N6O3/c1-6-26(37)34-9-7-8-33(10-11-34)18-24-19-35(17-23(24)5)28-22(4)16-30-29(32-28)31-25-14-20(2)27(21(3)15-25)38-13-12-36/h14-17,19,36H,6-13,18H2,1-5H3,(H,30,31,32). The number of hydrogen-bond acceptors (Lipinski definition) is 7. The van der Waals surface area contributed by atoms with Crippen LogP contribution in [0.1, 0.15) is 47.6 Å². The van der Waals surface area contributed by atoms with Crippen molar-refractivity contribution in [2.24, 2.45) is 0 Å². The molecule has 0 bridgehead atoms. The van der Waals surface area contributed by atoms with Gasteiger partial charge in [-0.3, -0.25) is 9.69 Å². The Morgan fingerprint density at radius 3 is 2.50 bits per heavy atom. The number of anilines is 2. The highest BCUT2D eigenvalue weighted by Crippen LogP contribution is 2.29. The molecule has 1 amide bonds. The molecule has 9 nitrogen and oxygen atoms in total. The van der Waals surface area contributed by atoms with Gasteiger partial charge in [-0.2, -0.15) is 4.98 Å². The second kappa shape index (κ2) is 12.4. The minimum atomic E-state index is -0.0178. The average molecular weight is 521 g/mol. The van der Waals surface area contributed by atoms with Crippen LogP contribution in [0.4, 0.5) is 11.6 Å². The Morgan fingerprint density at radius 2 is 1.79 bits per heavy atom. The maximum atomic E-state index is 12.1. The molecule has 3 aromatic rings. The van der Waals surface area contributed by atoms with Gasteiger partial charge in [-0.15, -0.1) is 0 Å². The number of hydrogen-bond donors (Lipinski definition) is 2. The van der Waals surface area contributed by atoms with E-state index in [2.05, 4.69) is 39.1 Å². The first-order valence-corrected chi connectivity index (χ1v) is 13.4. The molecule has 1 fully saturated rings. The molecule has 1 aromatic carbocycles. The van der Waals surface area contributed by atoms with Crippen LogP contribution in [0.15, 0.2) is 30.7 Å². The van der Waals surface area contributed by atoms with E-state index in [0.717, 1.165) is 73.1 Å². The van der Waals surface area contributed by atoms with E-state index < -0.39 is 0 Å². The Morgan fingerprint density at radius 1 is 1.03 bits per heavy atom. The molecular weight excluding hydrogens is 480 g/mol. The van der Waals surface area contributed by atoms with Crippen LogP contribution < -0.4 is 10.1 Å². The molecule has 0 atom stereocenters. The molecule has 1 aliphatic rings. The molecule has 204 valence electrons. The molecule has 9 heteroatoms. The number of carbonyl (C=O) groups excluding carboxylic acids is 1. The first-order valence-electron chi connectivity index (χ1n) is 13.4. The van der Waals surface area contributed by atoms with Crippen molar-refractivity contribution in [1.29, 1.82) is 0 Å². The molecule has 0 saturated carbocycles. The Labute approximate surface area is 225 Å². The topological polar surface area (TPSA) is 95.8 Å². The molecule has 1 aliphatic heterocycles. The van der Waals surface area contributed by atoms with Gasteiger partial charge in [-0.05, 0) is 68.5 Å². The minimum absolute atomic E-state index is 0.0178. The van der Waals surface area contributed by atoms with Crippen molar-refractivity contribution in [1.82, 2.24) is 24.3 Å². The highest BCUT2D eigenvalue weighted by Gasteiger charge is 2.19. The quantitative estimate of drug-likeness (QED) is 0.439. The van der Waals surface area contributed by atoms with Crippen LogP contribution in [0.3, 0.4) is 0 Å². The minimum Gasteiger partial charge on any atom is -0.491 e. The largest absolute Gasteiger partial charge is 0.491 e. The zero-order valence-corrected chi connectivity index (χ0v) is 23.3.